The fourth-order valence-electron chi connectivity index (χ4n) is 1.61. The molecule has 0 aromatic heterocycles. The maximum absolute atomic E-state index is 11.0. The number of hydrogen-bond donors (Lipinski definition) is 1. The SMILES string of the molecule is CS(=O)(=O)CCNCc1cc(Cl)c2c(c1)OCO2. The molecule has 1 heterocycles. The van der Waals surface area contributed by atoms with E-state index in [2.05, 4.69) is 5.32 Å². The molecule has 2 rings (SSSR count). The Hall–Kier alpha value is -0.980. The van der Waals surface area contributed by atoms with E-state index in [4.69, 9.17) is 21.1 Å². The standard InChI is InChI=1S/C11H14ClNO4S/c1-18(14,15)3-2-13-6-8-4-9(12)11-10(5-8)16-7-17-11/h4-5,13H,2-3,6-7H2,1H3. The van der Waals surface area contributed by atoms with Gasteiger partial charge in [0.2, 0.25) is 6.79 Å². The number of nitrogens with one attached hydrogen (secondary N) is 1. The van der Waals surface area contributed by atoms with Crippen molar-refractivity contribution >= 4 is 21.4 Å². The molecule has 1 aliphatic heterocycles. The van der Waals surface area contributed by atoms with Gasteiger partial charge in [0.05, 0.1) is 10.8 Å². The zero-order valence-electron chi connectivity index (χ0n) is 9.90. The van der Waals surface area contributed by atoms with Crippen molar-refractivity contribution < 1.29 is 17.9 Å². The van der Waals surface area contributed by atoms with Crippen molar-refractivity contribution in [1.82, 2.24) is 5.32 Å². The summed E-state index contributed by atoms with van der Waals surface area (Å²) < 4.78 is 32.4. The second-order valence-electron chi connectivity index (χ2n) is 4.12. The molecule has 1 aromatic carbocycles. The van der Waals surface area contributed by atoms with Crippen LogP contribution < -0.4 is 14.8 Å². The minimum absolute atomic E-state index is 0.116. The van der Waals surface area contributed by atoms with E-state index in [1.807, 2.05) is 6.07 Å². The highest BCUT2D eigenvalue weighted by Gasteiger charge is 2.17. The molecular weight excluding hydrogens is 278 g/mol. The molecular formula is C11H14ClNO4S. The minimum Gasteiger partial charge on any atom is -0.454 e. The van der Waals surface area contributed by atoms with E-state index in [1.54, 1.807) is 6.07 Å². The van der Waals surface area contributed by atoms with Crippen LogP contribution in [0, 0.1) is 0 Å². The van der Waals surface area contributed by atoms with Crippen LogP contribution in [0.15, 0.2) is 12.1 Å². The van der Waals surface area contributed by atoms with Gasteiger partial charge in [0.1, 0.15) is 9.84 Å². The molecule has 0 bridgehead atoms. The lowest BCUT2D eigenvalue weighted by Gasteiger charge is -2.06. The van der Waals surface area contributed by atoms with Crippen LogP contribution in [0.4, 0.5) is 0 Å². The minimum atomic E-state index is -2.93. The Morgan fingerprint density at radius 2 is 2.17 bits per heavy atom. The Morgan fingerprint density at radius 1 is 1.39 bits per heavy atom. The van der Waals surface area contributed by atoms with Gasteiger partial charge in [0.25, 0.3) is 0 Å². The Morgan fingerprint density at radius 3 is 2.89 bits per heavy atom. The fourth-order valence-corrected chi connectivity index (χ4v) is 2.42. The summed E-state index contributed by atoms with van der Waals surface area (Å²) >= 11 is 6.03. The molecule has 7 heteroatoms. The summed E-state index contributed by atoms with van der Waals surface area (Å²) in [6.07, 6.45) is 1.21. The van der Waals surface area contributed by atoms with Crippen LogP contribution in [0.2, 0.25) is 5.02 Å². The summed E-state index contributed by atoms with van der Waals surface area (Å²) in [4.78, 5) is 0. The van der Waals surface area contributed by atoms with Gasteiger partial charge >= 0.3 is 0 Å². The molecule has 18 heavy (non-hydrogen) atoms. The second-order valence-corrected chi connectivity index (χ2v) is 6.79. The highest BCUT2D eigenvalue weighted by atomic mass is 35.5. The highest BCUT2D eigenvalue weighted by Crippen LogP contribution is 2.39. The lowest BCUT2D eigenvalue weighted by Crippen LogP contribution is -2.21. The number of hydrogen-bond acceptors (Lipinski definition) is 5. The third-order valence-electron chi connectivity index (χ3n) is 2.47. The maximum atomic E-state index is 11.0. The highest BCUT2D eigenvalue weighted by molar-refractivity contribution is 7.90. The summed E-state index contributed by atoms with van der Waals surface area (Å²) in [6.45, 7) is 1.12. The Bertz CT molecular complexity index is 544. The Balaban J connectivity index is 1.93. The van der Waals surface area contributed by atoms with Gasteiger partial charge in [-0.2, -0.15) is 0 Å². The molecule has 0 aliphatic carbocycles. The van der Waals surface area contributed by atoms with E-state index in [0.29, 0.717) is 29.6 Å². The van der Waals surface area contributed by atoms with Crippen LogP contribution >= 0.6 is 11.6 Å². The first-order valence-electron chi connectivity index (χ1n) is 5.42. The van der Waals surface area contributed by atoms with Gasteiger partial charge in [-0.1, -0.05) is 11.6 Å². The maximum Gasteiger partial charge on any atom is 0.231 e. The van der Waals surface area contributed by atoms with Crippen molar-refractivity contribution in [1.29, 1.82) is 0 Å². The molecule has 0 saturated heterocycles. The zero-order valence-corrected chi connectivity index (χ0v) is 11.5. The number of halogens is 1. The molecule has 5 nitrogen and oxygen atoms in total. The lowest BCUT2D eigenvalue weighted by atomic mass is 10.2. The van der Waals surface area contributed by atoms with Crippen molar-refractivity contribution in [3.05, 3.63) is 22.7 Å². The van der Waals surface area contributed by atoms with Crippen LogP contribution in [-0.4, -0.2) is 33.8 Å². The molecule has 1 N–H and O–H groups in total. The topological polar surface area (TPSA) is 64.6 Å². The van der Waals surface area contributed by atoms with Crippen molar-refractivity contribution in [2.24, 2.45) is 0 Å². The molecule has 0 saturated carbocycles. The van der Waals surface area contributed by atoms with E-state index in [-0.39, 0.29) is 12.5 Å². The van der Waals surface area contributed by atoms with Crippen LogP contribution in [-0.2, 0) is 16.4 Å². The normalized spacial score (nSPS) is 13.9. The van der Waals surface area contributed by atoms with Gasteiger partial charge in [-0.25, -0.2) is 8.42 Å². The molecule has 0 radical (unpaired) electrons. The zero-order chi connectivity index (χ0) is 13.2. The van der Waals surface area contributed by atoms with Crippen molar-refractivity contribution in [3.63, 3.8) is 0 Å². The molecule has 1 aliphatic rings. The molecule has 1 aromatic rings. The van der Waals surface area contributed by atoms with E-state index in [0.717, 1.165) is 5.56 Å². The first-order chi connectivity index (χ1) is 8.46. The van der Waals surface area contributed by atoms with E-state index in [9.17, 15) is 8.42 Å². The molecule has 0 unspecified atom stereocenters. The first-order valence-corrected chi connectivity index (χ1v) is 7.86. The average Bonchev–Trinajstić information content (AvgIpc) is 2.71. The van der Waals surface area contributed by atoms with Gasteiger partial charge in [-0.05, 0) is 17.7 Å². The largest absolute Gasteiger partial charge is 0.454 e. The predicted molar refractivity (Wildman–Crippen MR) is 69.0 cm³/mol. The smallest absolute Gasteiger partial charge is 0.231 e. The molecule has 0 spiro atoms. The number of rotatable bonds is 5. The van der Waals surface area contributed by atoms with Crippen molar-refractivity contribution in [2.75, 3.05) is 25.3 Å². The fraction of sp³-hybridized carbons (Fsp3) is 0.455. The van der Waals surface area contributed by atoms with Crippen molar-refractivity contribution in [3.8, 4) is 11.5 Å². The number of ether oxygens (including phenoxy) is 2. The molecule has 100 valence electrons. The van der Waals surface area contributed by atoms with Crippen LogP contribution in [0.3, 0.4) is 0 Å². The number of sulfone groups is 1. The summed E-state index contributed by atoms with van der Waals surface area (Å²) in [5.74, 6) is 1.31. The van der Waals surface area contributed by atoms with Gasteiger partial charge in [-0.15, -0.1) is 0 Å². The van der Waals surface area contributed by atoms with E-state index >= 15 is 0 Å². The Labute approximate surface area is 111 Å². The predicted octanol–water partition coefficient (Wildman–Crippen LogP) is 1.20. The van der Waals surface area contributed by atoms with Gasteiger partial charge in [0.15, 0.2) is 11.5 Å². The molecule has 0 fully saturated rings. The molecule has 0 amide bonds. The number of benzene rings is 1. The summed E-state index contributed by atoms with van der Waals surface area (Å²) in [6, 6.07) is 3.62. The van der Waals surface area contributed by atoms with Gasteiger partial charge < -0.3 is 14.8 Å². The average molecular weight is 292 g/mol. The third-order valence-corrected chi connectivity index (χ3v) is 3.69. The van der Waals surface area contributed by atoms with E-state index in [1.165, 1.54) is 6.26 Å². The van der Waals surface area contributed by atoms with E-state index < -0.39 is 9.84 Å². The van der Waals surface area contributed by atoms with Gasteiger partial charge in [0, 0.05) is 19.3 Å². The number of fused-ring (bicyclic) bond motifs is 1. The second kappa shape index (κ2) is 5.34. The van der Waals surface area contributed by atoms with Crippen LogP contribution in [0.1, 0.15) is 5.56 Å². The summed E-state index contributed by atoms with van der Waals surface area (Å²) in [5.41, 5.74) is 0.928. The van der Waals surface area contributed by atoms with Crippen molar-refractivity contribution in [2.45, 2.75) is 6.54 Å². The van der Waals surface area contributed by atoms with Crippen LogP contribution in [0.5, 0.6) is 11.5 Å². The monoisotopic (exact) mass is 291 g/mol. The van der Waals surface area contributed by atoms with Crippen LogP contribution in [0.25, 0.3) is 0 Å². The molecule has 0 atom stereocenters. The Kier molecular flexibility index (Phi) is 3.99. The first kappa shape index (κ1) is 13.5. The summed E-state index contributed by atoms with van der Waals surface area (Å²) in [5, 5.41) is 3.55. The van der Waals surface area contributed by atoms with Gasteiger partial charge in [-0.3, -0.25) is 0 Å². The quantitative estimate of drug-likeness (QED) is 0.826. The summed E-state index contributed by atoms with van der Waals surface area (Å²) in [7, 11) is -2.93. The lowest BCUT2D eigenvalue weighted by molar-refractivity contribution is 0.174. The third kappa shape index (κ3) is 3.51.